The molecular formula is C22H28NO4P. The van der Waals surface area contributed by atoms with E-state index in [1.807, 2.05) is 36.4 Å². The van der Waals surface area contributed by atoms with Gasteiger partial charge in [0.15, 0.2) is 0 Å². The number of rotatable bonds is 6. The van der Waals surface area contributed by atoms with Gasteiger partial charge in [-0.3, -0.25) is 4.90 Å². The zero-order valence-electron chi connectivity index (χ0n) is 17.1. The summed E-state index contributed by atoms with van der Waals surface area (Å²) in [5.41, 5.74) is -0.643. The average Bonchev–Trinajstić information content (AvgIpc) is 2.68. The summed E-state index contributed by atoms with van der Waals surface area (Å²) >= 11 is 0. The van der Waals surface area contributed by atoms with Crippen LogP contribution in [-0.4, -0.2) is 48.9 Å². The summed E-state index contributed by atoms with van der Waals surface area (Å²) in [5.74, 6) is -0.451. The van der Waals surface area contributed by atoms with Crippen LogP contribution in [0.3, 0.4) is 0 Å². The van der Waals surface area contributed by atoms with E-state index in [2.05, 4.69) is 24.3 Å². The minimum Gasteiger partial charge on any atom is -0.467 e. The van der Waals surface area contributed by atoms with Crippen LogP contribution >= 0.6 is 7.92 Å². The molecule has 0 radical (unpaired) electrons. The van der Waals surface area contributed by atoms with Gasteiger partial charge in [-0.1, -0.05) is 60.7 Å². The molecule has 0 saturated carbocycles. The molecule has 2 rings (SSSR count). The lowest BCUT2D eigenvalue weighted by molar-refractivity contribution is -0.145. The summed E-state index contributed by atoms with van der Waals surface area (Å²) in [5, 5.41) is 2.27. The van der Waals surface area contributed by atoms with Crippen molar-refractivity contribution in [2.24, 2.45) is 0 Å². The third-order valence-electron chi connectivity index (χ3n) is 4.11. The maximum Gasteiger partial charge on any atom is 0.410 e. The van der Waals surface area contributed by atoms with Crippen molar-refractivity contribution in [1.82, 2.24) is 4.90 Å². The fraction of sp³-hybridized carbons (Fsp3) is 0.364. The zero-order valence-corrected chi connectivity index (χ0v) is 18.0. The van der Waals surface area contributed by atoms with Crippen LogP contribution in [0.25, 0.3) is 0 Å². The fourth-order valence-electron chi connectivity index (χ4n) is 2.70. The molecule has 0 spiro atoms. The van der Waals surface area contributed by atoms with E-state index in [4.69, 9.17) is 9.47 Å². The standard InChI is InChI=1S/C22H28NO4P/c1-22(2,3)27-21(25)23(4)19(20(24)26-5)16-28(17-12-8-6-9-13-17)18-14-10-7-11-15-18/h6-15,19H,16H2,1-5H3/t19-/m0/s1. The SMILES string of the molecule is COC(=O)[C@H](CP(c1ccccc1)c1ccccc1)N(C)C(=O)OC(C)(C)C. The highest BCUT2D eigenvalue weighted by Gasteiger charge is 2.33. The van der Waals surface area contributed by atoms with E-state index in [0.29, 0.717) is 6.16 Å². The van der Waals surface area contributed by atoms with Crippen LogP contribution in [0, 0.1) is 0 Å². The topological polar surface area (TPSA) is 55.8 Å². The molecule has 0 bridgehead atoms. The molecule has 150 valence electrons. The Hall–Kier alpha value is -2.39. The van der Waals surface area contributed by atoms with E-state index in [0.717, 1.165) is 10.6 Å². The van der Waals surface area contributed by atoms with E-state index in [1.165, 1.54) is 12.0 Å². The summed E-state index contributed by atoms with van der Waals surface area (Å²) in [6.45, 7) is 5.39. The summed E-state index contributed by atoms with van der Waals surface area (Å²) in [6, 6.07) is 19.3. The van der Waals surface area contributed by atoms with Crippen molar-refractivity contribution in [2.45, 2.75) is 32.4 Å². The van der Waals surface area contributed by atoms with Crippen molar-refractivity contribution in [3.63, 3.8) is 0 Å². The van der Waals surface area contributed by atoms with Crippen LogP contribution < -0.4 is 10.6 Å². The molecule has 5 nitrogen and oxygen atoms in total. The van der Waals surface area contributed by atoms with Crippen LogP contribution in [-0.2, 0) is 14.3 Å². The number of hydrogen-bond acceptors (Lipinski definition) is 4. The van der Waals surface area contributed by atoms with E-state index >= 15 is 0 Å². The van der Waals surface area contributed by atoms with Gasteiger partial charge in [-0.05, 0) is 39.3 Å². The van der Waals surface area contributed by atoms with E-state index in [-0.39, 0.29) is 0 Å². The lowest BCUT2D eigenvalue weighted by atomic mass is 10.2. The molecule has 6 heteroatoms. The lowest BCUT2D eigenvalue weighted by Crippen LogP contribution is -2.47. The molecule has 2 aromatic carbocycles. The minimum atomic E-state index is -0.869. The molecular weight excluding hydrogens is 373 g/mol. The Morgan fingerprint density at radius 2 is 1.43 bits per heavy atom. The van der Waals surface area contributed by atoms with Gasteiger partial charge in [-0.15, -0.1) is 0 Å². The third kappa shape index (κ3) is 6.07. The lowest BCUT2D eigenvalue weighted by Gasteiger charge is -2.31. The van der Waals surface area contributed by atoms with Crippen LogP contribution in [0.1, 0.15) is 20.8 Å². The van der Waals surface area contributed by atoms with Crippen molar-refractivity contribution in [1.29, 1.82) is 0 Å². The average molecular weight is 401 g/mol. The normalized spacial score (nSPS) is 12.4. The molecule has 0 N–H and O–H groups in total. The number of amides is 1. The van der Waals surface area contributed by atoms with Crippen LogP contribution in [0.4, 0.5) is 4.79 Å². The Kier molecular flexibility index (Phi) is 7.59. The summed E-state index contributed by atoms with van der Waals surface area (Å²) in [7, 11) is 2.05. The quantitative estimate of drug-likeness (QED) is 0.549. The summed E-state index contributed by atoms with van der Waals surface area (Å²) < 4.78 is 10.5. The smallest absolute Gasteiger partial charge is 0.410 e. The maximum absolute atomic E-state index is 12.6. The van der Waals surface area contributed by atoms with E-state index < -0.39 is 31.6 Å². The molecule has 0 aliphatic carbocycles. The van der Waals surface area contributed by atoms with Gasteiger partial charge in [0.05, 0.1) is 7.11 Å². The Morgan fingerprint density at radius 3 is 1.82 bits per heavy atom. The fourth-order valence-corrected chi connectivity index (χ4v) is 5.22. The van der Waals surface area contributed by atoms with Crippen molar-refractivity contribution in [3.8, 4) is 0 Å². The summed E-state index contributed by atoms with van der Waals surface area (Å²) in [4.78, 5) is 26.5. The zero-order chi connectivity index (χ0) is 20.7. The van der Waals surface area contributed by atoms with Gasteiger partial charge in [0.2, 0.25) is 0 Å². The van der Waals surface area contributed by atoms with Gasteiger partial charge >= 0.3 is 12.1 Å². The molecule has 0 aromatic heterocycles. The predicted octanol–water partition coefficient (Wildman–Crippen LogP) is 3.53. The Morgan fingerprint density at radius 1 is 0.964 bits per heavy atom. The number of carbonyl (C=O) groups is 2. The first-order valence-electron chi connectivity index (χ1n) is 9.14. The highest BCUT2D eigenvalue weighted by Crippen LogP contribution is 2.35. The van der Waals surface area contributed by atoms with E-state index in [9.17, 15) is 9.59 Å². The number of benzene rings is 2. The highest BCUT2D eigenvalue weighted by molar-refractivity contribution is 7.73. The molecule has 1 atom stereocenters. The number of likely N-dealkylation sites (N-methyl/N-ethyl adjacent to an activating group) is 1. The molecule has 0 aliphatic heterocycles. The summed E-state index contributed by atoms with van der Waals surface area (Å²) in [6.07, 6.45) is -0.0924. The van der Waals surface area contributed by atoms with Gasteiger partial charge < -0.3 is 9.47 Å². The molecule has 0 heterocycles. The van der Waals surface area contributed by atoms with Gasteiger partial charge in [0, 0.05) is 13.2 Å². The molecule has 0 fully saturated rings. The van der Waals surface area contributed by atoms with Crippen LogP contribution in [0.15, 0.2) is 60.7 Å². The number of carbonyl (C=O) groups excluding carboxylic acids is 2. The highest BCUT2D eigenvalue weighted by atomic mass is 31.1. The van der Waals surface area contributed by atoms with Crippen LogP contribution in [0.5, 0.6) is 0 Å². The maximum atomic E-state index is 12.6. The van der Waals surface area contributed by atoms with Gasteiger partial charge in [-0.2, -0.15) is 0 Å². The van der Waals surface area contributed by atoms with Gasteiger partial charge in [0.1, 0.15) is 11.6 Å². The number of nitrogens with zero attached hydrogens (tertiary/aromatic N) is 1. The van der Waals surface area contributed by atoms with Gasteiger partial charge in [0.25, 0.3) is 0 Å². The van der Waals surface area contributed by atoms with Crippen molar-refractivity contribution in [3.05, 3.63) is 60.7 Å². The molecule has 0 unspecified atom stereocenters. The second-order valence-corrected chi connectivity index (χ2v) is 9.67. The molecule has 1 amide bonds. The number of esters is 1. The molecule has 0 aliphatic rings. The van der Waals surface area contributed by atoms with E-state index in [1.54, 1.807) is 27.8 Å². The van der Waals surface area contributed by atoms with Gasteiger partial charge in [-0.25, -0.2) is 9.59 Å². The third-order valence-corrected chi connectivity index (χ3v) is 6.67. The minimum absolute atomic E-state index is 0.450. The Balaban J connectivity index is 2.36. The molecule has 0 saturated heterocycles. The second kappa shape index (κ2) is 9.70. The van der Waals surface area contributed by atoms with Crippen molar-refractivity contribution < 1.29 is 19.1 Å². The first kappa shape index (κ1) is 21.9. The number of methoxy groups -OCH3 is 1. The molecule has 28 heavy (non-hydrogen) atoms. The first-order valence-corrected chi connectivity index (χ1v) is 10.7. The van der Waals surface area contributed by atoms with Crippen molar-refractivity contribution >= 4 is 30.6 Å². The van der Waals surface area contributed by atoms with Crippen LogP contribution in [0.2, 0.25) is 0 Å². The second-order valence-electron chi connectivity index (χ2n) is 7.41. The molecule has 2 aromatic rings. The largest absolute Gasteiger partial charge is 0.467 e. The number of hydrogen-bond donors (Lipinski definition) is 0. The van der Waals surface area contributed by atoms with Crippen molar-refractivity contribution in [2.75, 3.05) is 20.3 Å². The number of ether oxygens (including phenoxy) is 2. The Bertz CT molecular complexity index is 735. The first-order chi connectivity index (χ1) is 13.2. The predicted molar refractivity (Wildman–Crippen MR) is 114 cm³/mol. The monoisotopic (exact) mass is 401 g/mol. The Labute approximate surface area is 168 Å².